The molecule has 3 N–H and O–H groups in total. The Balaban J connectivity index is 1.65. The quantitative estimate of drug-likeness (QED) is 0.633. The Morgan fingerprint density at radius 2 is 2.05 bits per heavy atom. The zero-order chi connectivity index (χ0) is 15.4. The van der Waals surface area contributed by atoms with Crippen molar-refractivity contribution in [2.75, 3.05) is 26.3 Å². The van der Waals surface area contributed by atoms with Crippen LogP contribution >= 0.6 is 15.9 Å². The summed E-state index contributed by atoms with van der Waals surface area (Å²) < 4.78 is 6.31. The Morgan fingerprint density at radius 3 is 2.77 bits per heavy atom. The van der Waals surface area contributed by atoms with E-state index < -0.39 is 0 Å². The number of guanidine groups is 1. The summed E-state index contributed by atoms with van der Waals surface area (Å²) in [6.45, 7) is 3.30. The normalized spacial score (nSPS) is 16.0. The van der Waals surface area contributed by atoms with Gasteiger partial charge in [0.1, 0.15) is 12.4 Å². The van der Waals surface area contributed by atoms with Gasteiger partial charge in [0, 0.05) is 23.1 Å². The van der Waals surface area contributed by atoms with Gasteiger partial charge < -0.3 is 15.4 Å². The summed E-state index contributed by atoms with van der Waals surface area (Å²) >= 11 is 3.41. The molecule has 0 bridgehead atoms. The van der Waals surface area contributed by atoms with E-state index in [0.717, 1.165) is 23.1 Å². The van der Waals surface area contributed by atoms with Crippen LogP contribution in [-0.4, -0.2) is 52.3 Å². The monoisotopic (exact) mass is 364 g/mol. The Labute approximate surface area is 136 Å². The first-order valence-electron chi connectivity index (χ1n) is 7.02. The van der Waals surface area contributed by atoms with Crippen molar-refractivity contribution < 1.29 is 4.74 Å². The molecule has 1 saturated heterocycles. The fourth-order valence-electron chi connectivity index (χ4n) is 2.14. The number of halogens is 1. The summed E-state index contributed by atoms with van der Waals surface area (Å²) in [7, 11) is 0. The number of hydrogen-bond acceptors (Lipinski definition) is 4. The topological polar surface area (TPSA) is 92.4 Å². The third-order valence-electron chi connectivity index (χ3n) is 3.36. The number of hydrogen-bond donors (Lipinski definition) is 2. The SMILES string of the molecule is NC(=NCc1nc(-c2ccc(Br)cc2)n[nH]1)N1CCOCC1. The van der Waals surface area contributed by atoms with E-state index in [0.29, 0.717) is 37.4 Å². The zero-order valence-corrected chi connectivity index (χ0v) is 13.6. The van der Waals surface area contributed by atoms with Gasteiger partial charge in [-0.05, 0) is 12.1 Å². The molecule has 1 fully saturated rings. The predicted octanol–water partition coefficient (Wildman–Crippen LogP) is 1.38. The van der Waals surface area contributed by atoms with Crippen LogP contribution in [0.4, 0.5) is 0 Å². The standard InChI is InChI=1S/C14H17BrN6O/c15-11-3-1-10(2-4-11)13-18-12(19-20-13)9-17-14(16)21-5-7-22-8-6-21/h1-4H,5-9H2,(H2,16,17)(H,18,19,20). The van der Waals surface area contributed by atoms with Crippen LogP contribution in [-0.2, 0) is 11.3 Å². The van der Waals surface area contributed by atoms with Gasteiger partial charge in [-0.1, -0.05) is 28.1 Å². The molecular weight excluding hydrogens is 348 g/mol. The molecule has 22 heavy (non-hydrogen) atoms. The maximum atomic E-state index is 5.98. The van der Waals surface area contributed by atoms with E-state index in [1.54, 1.807) is 0 Å². The van der Waals surface area contributed by atoms with Crippen LogP contribution in [0.1, 0.15) is 5.82 Å². The van der Waals surface area contributed by atoms with E-state index in [9.17, 15) is 0 Å². The number of morpholine rings is 1. The lowest BCUT2D eigenvalue weighted by Crippen LogP contribution is -2.44. The molecule has 0 saturated carbocycles. The van der Waals surface area contributed by atoms with Gasteiger partial charge in [0.2, 0.25) is 0 Å². The molecule has 2 heterocycles. The summed E-state index contributed by atoms with van der Waals surface area (Å²) in [5, 5.41) is 7.11. The summed E-state index contributed by atoms with van der Waals surface area (Å²) in [5.74, 6) is 1.86. The van der Waals surface area contributed by atoms with Gasteiger partial charge in [0.15, 0.2) is 11.8 Å². The highest BCUT2D eigenvalue weighted by atomic mass is 79.9. The molecule has 0 aliphatic carbocycles. The van der Waals surface area contributed by atoms with Gasteiger partial charge >= 0.3 is 0 Å². The van der Waals surface area contributed by atoms with Crippen LogP contribution in [0.25, 0.3) is 11.4 Å². The smallest absolute Gasteiger partial charge is 0.191 e. The lowest BCUT2D eigenvalue weighted by atomic mass is 10.2. The van der Waals surface area contributed by atoms with Gasteiger partial charge in [-0.2, -0.15) is 5.10 Å². The van der Waals surface area contributed by atoms with Gasteiger partial charge in [-0.25, -0.2) is 9.98 Å². The highest BCUT2D eigenvalue weighted by Crippen LogP contribution is 2.18. The minimum atomic E-state index is 0.382. The number of H-pyrrole nitrogens is 1. The van der Waals surface area contributed by atoms with Crippen molar-refractivity contribution in [3.05, 3.63) is 34.6 Å². The van der Waals surface area contributed by atoms with Gasteiger partial charge in [-0.15, -0.1) is 0 Å². The average molecular weight is 365 g/mol. The van der Waals surface area contributed by atoms with E-state index >= 15 is 0 Å². The van der Waals surface area contributed by atoms with E-state index in [-0.39, 0.29) is 0 Å². The summed E-state index contributed by atoms with van der Waals surface area (Å²) in [4.78, 5) is 10.8. The molecule has 116 valence electrons. The maximum Gasteiger partial charge on any atom is 0.191 e. The number of ether oxygens (including phenoxy) is 1. The lowest BCUT2D eigenvalue weighted by molar-refractivity contribution is 0.0674. The first-order valence-corrected chi connectivity index (χ1v) is 7.81. The summed E-state index contributed by atoms with van der Waals surface area (Å²) in [5.41, 5.74) is 6.94. The second kappa shape index (κ2) is 6.89. The molecule has 1 aliphatic heterocycles. The number of nitrogens with two attached hydrogens (primary N) is 1. The van der Waals surface area contributed by atoms with Crippen molar-refractivity contribution in [2.24, 2.45) is 10.7 Å². The minimum Gasteiger partial charge on any atom is -0.378 e. The minimum absolute atomic E-state index is 0.382. The fraction of sp³-hybridized carbons (Fsp3) is 0.357. The van der Waals surface area contributed by atoms with E-state index in [1.165, 1.54) is 0 Å². The number of benzene rings is 1. The molecule has 0 amide bonds. The second-order valence-corrected chi connectivity index (χ2v) is 5.80. The maximum absolute atomic E-state index is 5.98. The third-order valence-corrected chi connectivity index (χ3v) is 3.89. The average Bonchev–Trinajstić information content (AvgIpc) is 3.03. The molecule has 1 aliphatic rings. The van der Waals surface area contributed by atoms with Crippen molar-refractivity contribution in [1.29, 1.82) is 0 Å². The molecule has 7 nitrogen and oxygen atoms in total. The lowest BCUT2D eigenvalue weighted by Gasteiger charge is -2.27. The van der Waals surface area contributed by atoms with Crippen LogP contribution < -0.4 is 5.73 Å². The highest BCUT2D eigenvalue weighted by Gasteiger charge is 2.12. The highest BCUT2D eigenvalue weighted by molar-refractivity contribution is 9.10. The van der Waals surface area contributed by atoms with Gasteiger partial charge in [-0.3, -0.25) is 5.10 Å². The molecule has 0 spiro atoms. The van der Waals surface area contributed by atoms with E-state index in [2.05, 4.69) is 36.1 Å². The Kier molecular flexibility index (Phi) is 4.69. The summed E-state index contributed by atoms with van der Waals surface area (Å²) in [6, 6.07) is 7.84. The Morgan fingerprint density at radius 1 is 1.32 bits per heavy atom. The molecule has 8 heteroatoms. The van der Waals surface area contributed by atoms with Crippen molar-refractivity contribution in [3.8, 4) is 11.4 Å². The van der Waals surface area contributed by atoms with Crippen LogP contribution in [0, 0.1) is 0 Å². The van der Waals surface area contributed by atoms with Crippen molar-refractivity contribution >= 4 is 21.9 Å². The number of nitrogens with one attached hydrogen (secondary N) is 1. The van der Waals surface area contributed by atoms with Crippen molar-refractivity contribution in [1.82, 2.24) is 20.1 Å². The number of rotatable bonds is 3. The first kappa shape index (κ1) is 15.0. The molecular formula is C14H17BrN6O. The Hall–Kier alpha value is -1.93. The van der Waals surface area contributed by atoms with E-state index in [1.807, 2.05) is 29.2 Å². The molecule has 1 aromatic carbocycles. The van der Waals surface area contributed by atoms with Crippen LogP contribution in [0.15, 0.2) is 33.7 Å². The van der Waals surface area contributed by atoms with Crippen LogP contribution in [0.2, 0.25) is 0 Å². The third kappa shape index (κ3) is 3.63. The number of nitrogens with zero attached hydrogens (tertiary/aromatic N) is 4. The predicted molar refractivity (Wildman–Crippen MR) is 87.2 cm³/mol. The number of aromatic amines is 1. The van der Waals surface area contributed by atoms with Gasteiger partial charge in [0.25, 0.3) is 0 Å². The molecule has 1 aromatic heterocycles. The molecule has 2 aromatic rings. The Bertz CT molecular complexity index is 648. The van der Waals surface area contributed by atoms with Crippen molar-refractivity contribution in [3.63, 3.8) is 0 Å². The molecule has 0 atom stereocenters. The molecule has 0 radical (unpaired) electrons. The number of aliphatic imine (C=N–C) groups is 1. The van der Waals surface area contributed by atoms with Crippen LogP contribution in [0.5, 0.6) is 0 Å². The van der Waals surface area contributed by atoms with Gasteiger partial charge in [0.05, 0.1) is 13.2 Å². The molecule has 0 unspecified atom stereocenters. The number of aromatic nitrogens is 3. The van der Waals surface area contributed by atoms with Crippen LogP contribution in [0.3, 0.4) is 0 Å². The summed E-state index contributed by atoms with van der Waals surface area (Å²) in [6.07, 6.45) is 0. The largest absolute Gasteiger partial charge is 0.378 e. The van der Waals surface area contributed by atoms with E-state index in [4.69, 9.17) is 10.5 Å². The first-order chi connectivity index (χ1) is 10.7. The second-order valence-electron chi connectivity index (χ2n) is 4.89. The molecule has 3 rings (SSSR count). The zero-order valence-electron chi connectivity index (χ0n) is 12.0. The fourth-order valence-corrected chi connectivity index (χ4v) is 2.41. The van der Waals surface area contributed by atoms with Crippen molar-refractivity contribution in [2.45, 2.75) is 6.54 Å².